The summed E-state index contributed by atoms with van der Waals surface area (Å²) in [5, 5.41) is 0. The number of primary amides is 2. The first-order valence-corrected chi connectivity index (χ1v) is 4.09. The number of carbonyl (C=O) groups excluding carboxylic acids is 2. The van der Waals surface area contributed by atoms with E-state index in [2.05, 4.69) is 14.5 Å². The van der Waals surface area contributed by atoms with Crippen LogP contribution in [0.1, 0.15) is 11.3 Å². The number of ether oxygens (including phenoxy) is 2. The van der Waals surface area contributed by atoms with Gasteiger partial charge in [-0.15, -0.1) is 0 Å². The predicted octanol–water partition coefficient (Wildman–Crippen LogP) is 0.205. The van der Waals surface area contributed by atoms with Gasteiger partial charge in [0.1, 0.15) is 13.2 Å². The Balaban J connectivity index is 2.53. The molecular formula is C8H11N3O4. The fourth-order valence-corrected chi connectivity index (χ4v) is 0.998. The summed E-state index contributed by atoms with van der Waals surface area (Å²) in [4.78, 5) is 23.5. The highest BCUT2D eigenvalue weighted by molar-refractivity contribution is 5.65. The van der Waals surface area contributed by atoms with Crippen molar-refractivity contribution in [3.63, 3.8) is 0 Å². The Kier molecular flexibility index (Phi) is 3.55. The van der Waals surface area contributed by atoms with Crippen LogP contribution in [0.2, 0.25) is 0 Å². The van der Waals surface area contributed by atoms with Gasteiger partial charge in [0.15, 0.2) is 0 Å². The third-order valence-electron chi connectivity index (χ3n) is 1.66. The Bertz CT molecular complexity index is 328. The zero-order valence-electron chi connectivity index (χ0n) is 7.86. The smallest absolute Gasteiger partial charge is 0.404 e. The van der Waals surface area contributed by atoms with E-state index in [0.717, 1.165) is 0 Å². The maximum atomic E-state index is 10.4. The van der Waals surface area contributed by atoms with Gasteiger partial charge >= 0.3 is 12.2 Å². The van der Waals surface area contributed by atoms with Gasteiger partial charge in [0.25, 0.3) is 0 Å². The van der Waals surface area contributed by atoms with Crippen molar-refractivity contribution in [3.05, 3.63) is 23.5 Å². The van der Waals surface area contributed by atoms with Crippen LogP contribution in [0, 0.1) is 0 Å². The quantitative estimate of drug-likeness (QED) is 0.661. The lowest BCUT2D eigenvalue weighted by Gasteiger charge is -2.04. The Morgan fingerprint density at radius 3 is 2.40 bits per heavy atom. The van der Waals surface area contributed by atoms with E-state index in [9.17, 15) is 9.59 Å². The van der Waals surface area contributed by atoms with E-state index in [0.29, 0.717) is 11.3 Å². The second-order valence-electron chi connectivity index (χ2n) is 2.70. The first-order valence-electron chi connectivity index (χ1n) is 4.09. The van der Waals surface area contributed by atoms with E-state index in [1.165, 1.54) is 0 Å². The molecular weight excluding hydrogens is 202 g/mol. The molecule has 0 fully saturated rings. The summed E-state index contributed by atoms with van der Waals surface area (Å²) in [7, 11) is 0. The first-order chi connectivity index (χ1) is 7.09. The van der Waals surface area contributed by atoms with Crippen LogP contribution in [0.25, 0.3) is 0 Å². The van der Waals surface area contributed by atoms with Crippen molar-refractivity contribution in [3.8, 4) is 0 Å². The van der Waals surface area contributed by atoms with Gasteiger partial charge in [-0.05, 0) is 6.07 Å². The van der Waals surface area contributed by atoms with Crippen molar-refractivity contribution in [2.75, 3.05) is 0 Å². The van der Waals surface area contributed by atoms with Crippen LogP contribution in [0.15, 0.2) is 12.3 Å². The molecule has 0 aliphatic carbocycles. The number of aromatic amines is 1. The summed E-state index contributed by atoms with van der Waals surface area (Å²) >= 11 is 0. The molecule has 0 aliphatic rings. The fraction of sp³-hybridized carbons (Fsp3) is 0.250. The van der Waals surface area contributed by atoms with Crippen molar-refractivity contribution >= 4 is 12.2 Å². The van der Waals surface area contributed by atoms with Gasteiger partial charge in [-0.1, -0.05) is 0 Å². The second kappa shape index (κ2) is 4.89. The van der Waals surface area contributed by atoms with Gasteiger partial charge in [0, 0.05) is 11.8 Å². The maximum absolute atomic E-state index is 10.4. The van der Waals surface area contributed by atoms with E-state index < -0.39 is 12.2 Å². The monoisotopic (exact) mass is 213 g/mol. The molecule has 15 heavy (non-hydrogen) atoms. The van der Waals surface area contributed by atoms with Crippen LogP contribution >= 0.6 is 0 Å². The summed E-state index contributed by atoms with van der Waals surface area (Å²) in [5.74, 6) is 0. The molecule has 1 aromatic rings. The second-order valence-corrected chi connectivity index (χ2v) is 2.70. The molecule has 0 aromatic carbocycles. The lowest BCUT2D eigenvalue weighted by Crippen LogP contribution is -2.15. The molecule has 82 valence electrons. The molecule has 7 heteroatoms. The van der Waals surface area contributed by atoms with Gasteiger partial charge in [0.05, 0.1) is 5.69 Å². The van der Waals surface area contributed by atoms with Gasteiger partial charge in [-0.3, -0.25) is 0 Å². The molecule has 0 aliphatic heterocycles. The molecule has 1 rings (SSSR count). The molecule has 1 aromatic heterocycles. The number of H-pyrrole nitrogens is 1. The lowest BCUT2D eigenvalue weighted by atomic mass is 10.2. The first kappa shape index (κ1) is 10.9. The molecule has 2 amide bonds. The molecule has 7 nitrogen and oxygen atoms in total. The van der Waals surface area contributed by atoms with Crippen LogP contribution in [0.3, 0.4) is 0 Å². The zero-order valence-corrected chi connectivity index (χ0v) is 7.86. The number of hydrogen-bond acceptors (Lipinski definition) is 4. The third-order valence-corrected chi connectivity index (χ3v) is 1.66. The predicted molar refractivity (Wildman–Crippen MR) is 49.5 cm³/mol. The Morgan fingerprint density at radius 1 is 1.20 bits per heavy atom. The minimum Gasteiger partial charge on any atom is -0.445 e. The molecule has 0 atom stereocenters. The molecule has 0 spiro atoms. The van der Waals surface area contributed by atoms with Crippen molar-refractivity contribution in [2.45, 2.75) is 13.2 Å². The number of rotatable bonds is 4. The SMILES string of the molecule is NC(=O)OCc1cc[nH]c1COC(N)=O. The molecule has 1 heterocycles. The van der Waals surface area contributed by atoms with Crippen molar-refractivity contribution in [1.82, 2.24) is 4.98 Å². The van der Waals surface area contributed by atoms with E-state index >= 15 is 0 Å². The van der Waals surface area contributed by atoms with Crippen molar-refractivity contribution in [2.24, 2.45) is 11.5 Å². The third kappa shape index (κ3) is 3.59. The largest absolute Gasteiger partial charge is 0.445 e. The maximum Gasteiger partial charge on any atom is 0.404 e. The fourth-order valence-electron chi connectivity index (χ4n) is 0.998. The van der Waals surface area contributed by atoms with Gasteiger partial charge in [-0.2, -0.15) is 0 Å². The zero-order chi connectivity index (χ0) is 11.3. The van der Waals surface area contributed by atoms with Crippen molar-refractivity contribution < 1.29 is 19.1 Å². The number of carbonyl (C=O) groups is 2. The molecule has 0 unspecified atom stereocenters. The topological polar surface area (TPSA) is 120 Å². The molecule has 0 radical (unpaired) electrons. The van der Waals surface area contributed by atoms with Crippen LogP contribution < -0.4 is 11.5 Å². The highest BCUT2D eigenvalue weighted by Gasteiger charge is 2.07. The lowest BCUT2D eigenvalue weighted by molar-refractivity contribution is 0.141. The summed E-state index contributed by atoms with van der Waals surface area (Å²) in [5.41, 5.74) is 10.9. The minimum atomic E-state index is -0.869. The molecule has 0 saturated carbocycles. The number of hydrogen-bond donors (Lipinski definition) is 3. The highest BCUT2D eigenvalue weighted by Crippen LogP contribution is 2.09. The van der Waals surface area contributed by atoms with Gasteiger partial charge in [-0.25, -0.2) is 9.59 Å². The van der Waals surface area contributed by atoms with Gasteiger partial charge in [0.2, 0.25) is 0 Å². The van der Waals surface area contributed by atoms with E-state index in [1.807, 2.05) is 0 Å². The minimum absolute atomic E-state index is 0.000210. The average Bonchev–Trinajstić information content (AvgIpc) is 2.58. The molecule has 0 bridgehead atoms. The summed E-state index contributed by atoms with van der Waals surface area (Å²) in [6.07, 6.45) is -0.108. The number of nitrogens with one attached hydrogen (secondary N) is 1. The summed E-state index contributed by atoms with van der Waals surface area (Å²) in [6.45, 7) is 0.0239. The van der Waals surface area contributed by atoms with Crippen LogP contribution in [0.5, 0.6) is 0 Å². The van der Waals surface area contributed by atoms with E-state index in [1.54, 1.807) is 12.3 Å². The number of aromatic nitrogens is 1. The molecule has 5 N–H and O–H groups in total. The van der Waals surface area contributed by atoms with E-state index in [4.69, 9.17) is 11.5 Å². The highest BCUT2D eigenvalue weighted by atomic mass is 16.5. The summed E-state index contributed by atoms with van der Waals surface area (Å²) in [6, 6.07) is 1.68. The van der Waals surface area contributed by atoms with E-state index in [-0.39, 0.29) is 13.2 Å². The van der Waals surface area contributed by atoms with Crippen LogP contribution in [-0.4, -0.2) is 17.2 Å². The summed E-state index contributed by atoms with van der Waals surface area (Å²) < 4.78 is 9.15. The normalized spacial score (nSPS) is 9.60. The standard InChI is InChI=1S/C8H11N3O4/c9-7(12)14-3-5-1-2-11-6(5)4-15-8(10)13/h1-2,11H,3-4H2,(H2,9,12)(H2,10,13). The van der Waals surface area contributed by atoms with Gasteiger partial charge < -0.3 is 25.9 Å². The van der Waals surface area contributed by atoms with Crippen LogP contribution in [-0.2, 0) is 22.7 Å². The van der Waals surface area contributed by atoms with Crippen LogP contribution in [0.4, 0.5) is 9.59 Å². The van der Waals surface area contributed by atoms with Crippen molar-refractivity contribution in [1.29, 1.82) is 0 Å². The molecule has 0 saturated heterocycles. The Hall–Kier alpha value is -2.18. The number of nitrogens with two attached hydrogens (primary N) is 2. The Labute approximate surface area is 85.3 Å². The number of amides is 2. The Morgan fingerprint density at radius 2 is 1.80 bits per heavy atom. The average molecular weight is 213 g/mol.